The van der Waals surface area contributed by atoms with Crippen LogP contribution >= 0.6 is 15.9 Å². The molecule has 1 aliphatic heterocycles. The number of anilines is 1. The zero-order chi connectivity index (χ0) is 11.5. The van der Waals surface area contributed by atoms with Gasteiger partial charge in [-0.1, -0.05) is 6.92 Å². The highest BCUT2D eigenvalue weighted by molar-refractivity contribution is 9.10. The van der Waals surface area contributed by atoms with Crippen molar-refractivity contribution in [3.8, 4) is 0 Å². The normalized spacial score (nSPS) is 25.8. The van der Waals surface area contributed by atoms with E-state index in [1.807, 2.05) is 18.3 Å². The molecule has 0 aromatic carbocycles. The van der Waals surface area contributed by atoms with Gasteiger partial charge in [0.15, 0.2) is 0 Å². The van der Waals surface area contributed by atoms with Crippen LogP contribution < -0.4 is 4.90 Å². The molecular formula is C12H17BrN2O. The van der Waals surface area contributed by atoms with E-state index in [9.17, 15) is 0 Å². The van der Waals surface area contributed by atoms with E-state index in [1.54, 1.807) is 7.11 Å². The number of methoxy groups -OCH3 is 1. The number of ether oxygens (including phenoxy) is 1. The molecule has 1 saturated heterocycles. The highest BCUT2D eigenvalue weighted by atomic mass is 79.9. The number of halogens is 1. The van der Waals surface area contributed by atoms with Crippen molar-refractivity contribution in [3.05, 3.63) is 22.8 Å². The maximum absolute atomic E-state index is 5.50. The Hall–Kier alpha value is -0.610. The molecule has 0 bridgehead atoms. The minimum absolute atomic E-state index is 0.319. The van der Waals surface area contributed by atoms with Crippen molar-refractivity contribution in [2.24, 2.45) is 5.92 Å². The topological polar surface area (TPSA) is 25.4 Å². The molecule has 16 heavy (non-hydrogen) atoms. The molecule has 0 aliphatic carbocycles. The van der Waals surface area contributed by atoms with Gasteiger partial charge in [-0.3, -0.25) is 0 Å². The second-order valence-corrected chi connectivity index (χ2v) is 5.24. The van der Waals surface area contributed by atoms with Crippen molar-refractivity contribution < 1.29 is 4.74 Å². The summed E-state index contributed by atoms with van der Waals surface area (Å²) in [6.07, 6.45) is 3.32. The second-order valence-electron chi connectivity index (χ2n) is 4.32. The molecule has 2 atom stereocenters. The molecule has 2 heterocycles. The van der Waals surface area contributed by atoms with Crippen molar-refractivity contribution >= 4 is 21.7 Å². The lowest BCUT2D eigenvalue weighted by Crippen LogP contribution is -2.44. The predicted octanol–water partition coefficient (Wildman–Crippen LogP) is 2.71. The van der Waals surface area contributed by atoms with Gasteiger partial charge in [0, 0.05) is 30.9 Å². The molecule has 2 unspecified atom stereocenters. The molecule has 1 aromatic heterocycles. The lowest BCUT2D eigenvalue weighted by Gasteiger charge is -2.36. The minimum Gasteiger partial charge on any atom is -0.379 e. The summed E-state index contributed by atoms with van der Waals surface area (Å²) >= 11 is 3.40. The summed E-state index contributed by atoms with van der Waals surface area (Å²) in [5.41, 5.74) is 0. The molecular weight excluding hydrogens is 268 g/mol. The number of nitrogens with zero attached hydrogens (tertiary/aromatic N) is 2. The van der Waals surface area contributed by atoms with Gasteiger partial charge >= 0.3 is 0 Å². The fourth-order valence-corrected chi connectivity index (χ4v) is 2.34. The number of hydrogen-bond donors (Lipinski definition) is 0. The van der Waals surface area contributed by atoms with Gasteiger partial charge in [0.1, 0.15) is 5.82 Å². The summed E-state index contributed by atoms with van der Waals surface area (Å²) < 4.78 is 6.52. The average Bonchev–Trinajstić information content (AvgIpc) is 2.31. The van der Waals surface area contributed by atoms with Gasteiger partial charge in [-0.2, -0.15) is 0 Å². The highest BCUT2D eigenvalue weighted by Gasteiger charge is 2.26. The summed E-state index contributed by atoms with van der Waals surface area (Å²) in [4.78, 5) is 6.71. The lowest BCUT2D eigenvalue weighted by molar-refractivity contribution is 0.0496. The van der Waals surface area contributed by atoms with E-state index >= 15 is 0 Å². The molecule has 3 nitrogen and oxygen atoms in total. The summed E-state index contributed by atoms with van der Waals surface area (Å²) in [6, 6.07) is 4.08. The van der Waals surface area contributed by atoms with Crippen LogP contribution in [0.2, 0.25) is 0 Å². The van der Waals surface area contributed by atoms with E-state index in [0.29, 0.717) is 12.0 Å². The quantitative estimate of drug-likeness (QED) is 0.835. The third kappa shape index (κ3) is 2.55. The first-order valence-electron chi connectivity index (χ1n) is 5.60. The second kappa shape index (κ2) is 5.15. The Morgan fingerprint density at radius 1 is 1.50 bits per heavy atom. The number of rotatable bonds is 2. The van der Waals surface area contributed by atoms with Gasteiger partial charge in [-0.25, -0.2) is 4.98 Å². The Balaban J connectivity index is 2.08. The van der Waals surface area contributed by atoms with Crippen LogP contribution in [0.15, 0.2) is 22.8 Å². The van der Waals surface area contributed by atoms with E-state index in [4.69, 9.17) is 4.74 Å². The van der Waals surface area contributed by atoms with E-state index in [1.165, 1.54) is 0 Å². The van der Waals surface area contributed by atoms with Crippen molar-refractivity contribution in [2.75, 3.05) is 25.1 Å². The first-order valence-corrected chi connectivity index (χ1v) is 6.39. The maximum atomic E-state index is 5.50. The van der Waals surface area contributed by atoms with Crippen LogP contribution in [0.5, 0.6) is 0 Å². The number of piperidine rings is 1. The molecule has 0 N–H and O–H groups in total. The third-order valence-corrected chi connectivity index (χ3v) is 3.70. The van der Waals surface area contributed by atoms with Gasteiger partial charge in [0.05, 0.1) is 6.10 Å². The predicted molar refractivity (Wildman–Crippen MR) is 68.7 cm³/mol. The molecule has 4 heteroatoms. The monoisotopic (exact) mass is 284 g/mol. The molecule has 0 radical (unpaired) electrons. The van der Waals surface area contributed by atoms with E-state index < -0.39 is 0 Å². The Labute approximate surface area is 105 Å². The van der Waals surface area contributed by atoms with Crippen LogP contribution in [-0.4, -0.2) is 31.3 Å². The number of pyridine rings is 1. The average molecular weight is 285 g/mol. The highest BCUT2D eigenvalue weighted by Crippen LogP contribution is 2.24. The van der Waals surface area contributed by atoms with Crippen molar-refractivity contribution in [1.29, 1.82) is 0 Å². The van der Waals surface area contributed by atoms with E-state index in [0.717, 1.165) is 29.8 Å². The van der Waals surface area contributed by atoms with Gasteiger partial charge in [-0.15, -0.1) is 0 Å². The van der Waals surface area contributed by atoms with Gasteiger partial charge in [0.2, 0.25) is 0 Å². The Morgan fingerprint density at radius 2 is 2.31 bits per heavy atom. The molecule has 2 rings (SSSR count). The van der Waals surface area contributed by atoms with Gasteiger partial charge in [-0.05, 0) is 40.4 Å². The summed E-state index contributed by atoms with van der Waals surface area (Å²) in [7, 11) is 1.79. The summed E-state index contributed by atoms with van der Waals surface area (Å²) in [6.45, 7) is 4.25. The zero-order valence-electron chi connectivity index (χ0n) is 9.69. The molecule has 88 valence electrons. The molecule has 1 aliphatic rings. The molecule has 0 spiro atoms. The van der Waals surface area contributed by atoms with Gasteiger partial charge < -0.3 is 9.64 Å². The standard InChI is InChI=1S/C12H17BrN2O/c1-9-5-6-15(8-11(9)16-2)12-4-3-10(13)7-14-12/h3-4,7,9,11H,5-6,8H2,1-2H3. The van der Waals surface area contributed by atoms with Crippen LogP contribution in [-0.2, 0) is 4.74 Å². The van der Waals surface area contributed by atoms with Crippen molar-refractivity contribution in [1.82, 2.24) is 4.98 Å². The Morgan fingerprint density at radius 3 is 2.94 bits per heavy atom. The smallest absolute Gasteiger partial charge is 0.128 e. The van der Waals surface area contributed by atoms with Crippen LogP contribution in [0.3, 0.4) is 0 Å². The fraction of sp³-hybridized carbons (Fsp3) is 0.583. The molecule has 0 saturated carbocycles. The van der Waals surface area contributed by atoms with Crippen LogP contribution in [0, 0.1) is 5.92 Å². The molecule has 1 fully saturated rings. The summed E-state index contributed by atoms with van der Waals surface area (Å²) in [5.74, 6) is 1.67. The Bertz CT molecular complexity index is 341. The summed E-state index contributed by atoms with van der Waals surface area (Å²) in [5, 5.41) is 0. The maximum Gasteiger partial charge on any atom is 0.128 e. The fourth-order valence-electron chi connectivity index (χ4n) is 2.10. The number of aromatic nitrogens is 1. The lowest BCUT2D eigenvalue weighted by atomic mass is 9.96. The number of hydrogen-bond acceptors (Lipinski definition) is 3. The van der Waals surface area contributed by atoms with E-state index in [-0.39, 0.29) is 0 Å². The van der Waals surface area contributed by atoms with E-state index in [2.05, 4.69) is 32.7 Å². The third-order valence-electron chi connectivity index (χ3n) is 3.23. The van der Waals surface area contributed by atoms with Gasteiger partial charge in [0.25, 0.3) is 0 Å². The largest absolute Gasteiger partial charge is 0.379 e. The van der Waals surface area contributed by atoms with Crippen molar-refractivity contribution in [3.63, 3.8) is 0 Å². The van der Waals surface area contributed by atoms with Crippen LogP contribution in [0.25, 0.3) is 0 Å². The van der Waals surface area contributed by atoms with Crippen LogP contribution in [0.1, 0.15) is 13.3 Å². The first kappa shape index (κ1) is 11.9. The zero-order valence-corrected chi connectivity index (χ0v) is 11.3. The van der Waals surface area contributed by atoms with Crippen molar-refractivity contribution in [2.45, 2.75) is 19.4 Å². The first-order chi connectivity index (χ1) is 7.70. The Kier molecular flexibility index (Phi) is 3.82. The molecule has 0 amide bonds. The molecule has 1 aromatic rings. The SMILES string of the molecule is COC1CN(c2ccc(Br)cn2)CCC1C. The van der Waals surface area contributed by atoms with Crippen LogP contribution in [0.4, 0.5) is 5.82 Å². The minimum atomic E-state index is 0.319.